The lowest BCUT2D eigenvalue weighted by Gasteiger charge is -2.31. The third-order valence-electron chi connectivity index (χ3n) is 5.82. The SMILES string of the molecule is O=C1c2oc3ccccc3c(=O)c2C(c2ccc(F)cc2)N1CCN1CCOCC1. The van der Waals surface area contributed by atoms with Crippen molar-refractivity contribution in [2.75, 3.05) is 39.4 Å². The summed E-state index contributed by atoms with van der Waals surface area (Å²) in [5.41, 5.74) is 1.19. The highest BCUT2D eigenvalue weighted by Crippen LogP contribution is 2.38. The molecular weight excluding hydrogens is 387 g/mol. The van der Waals surface area contributed by atoms with E-state index in [1.807, 2.05) is 0 Å². The van der Waals surface area contributed by atoms with E-state index in [-0.39, 0.29) is 22.9 Å². The Labute approximate surface area is 172 Å². The molecule has 0 saturated carbocycles. The number of morpholine rings is 1. The molecule has 3 aromatic rings. The van der Waals surface area contributed by atoms with E-state index in [4.69, 9.17) is 9.15 Å². The van der Waals surface area contributed by atoms with Crippen LogP contribution in [0.5, 0.6) is 0 Å². The molecule has 0 N–H and O–H groups in total. The van der Waals surface area contributed by atoms with E-state index >= 15 is 0 Å². The van der Waals surface area contributed by atoms with Crippen LogP contribution < -0.4 is 5.43 Å². The number of fused-ring (bicyclic) bond motifs is 2. The topological polar surface area (TPSA) is 63.0 Å². The minimum Gasteiger partial charge on any atom is -0.450 e. The van der Waals surface area contributed by atoms with Crippen molar-refractivity contribution >= 4 is 16.9 Å². The molecule has 1 saturated heterocycles. The zero-order valence-corrected chi connectivity index (χ0v) is 16.3. The highest BCUT2D eigenvalue weighted by atomic mass is 19.1. The van der Waals surface area contributed by atoms with E-state index < -0.39 is 6.04 Å². The molecule has 7 heteroatoms. The third-order valence-corrected chi connectivity index (χ3v) is 5.82. The maximum atomic E-state index is 13.5. The first-order valence-electron chi connectivity index (χ1n) is 10.1. The van der Waals surface area contributed by atoms with Crippen LogP contribution >= 0.6 is 0 Å². The minimum atomic E-state index is -0.602. The number of benzene rings is 2. The number of para-hydroxylation sites is 1. The molecule has 5 rings (SSSR count). The Balaban J connectivity index is 1.59. The summed E-state index contributed by atoms with van der Waals surface area (Å²) in [5.74, 6) is -0.598. The largest absolute Gasteiger partial charge is 0.450 e. The van der Waals surface area contributed by atoms with Crippen LogP contribution in [0.15, 0.2) is 57.7 Å². The van der Waals surface area contributed by atoms with Crippen molar-refractivity contribution in [3.63, 3.8) is 0 Å². The second kappa shape index (κ2) is 7.66. The van der Waals surface area contributed by atoms with Gasteiger partial charge in [-0.15, -0.1) is 0 Å². The van der Waals surface area contributed by atoms with E-state index in [1.165, 1.54) is 12.1 Å². The molecule has 1 atom stereocenters. The van der Waals surface area contributed by atoms with Crippen molar-refractivity contribution in [2.24, 2.45) is 0 Å². The van der Waals surface area contributed by atoms with E-state index in [9.17, 15) is 14.0 Å². The summed E-state index contributed by atoms with van der Waals surface area (Å²) in [6.45, 7) is 4.03. The van der Waals surface area contributed by atoms with Gasteiger partial charge in [-0.2, -0.15) is 0 Å². The Morgan fingerprint density at radius 3 is 2.47 bits per heavy atom. The number of carbonyl (C=O) groups excluding carboxylic acids is 1. The van der Waals surface area contributed by atoms with Gasteiger partial charge in [-0.25, -0.2) is 4.39 Å². The van der Waals surface area contributed by atoms with Crippen LogP contribution in [0.2, 0.25) is 0 Å². The molecule has 0 radical (unpaired) electrons. The molecule has 0 bridgehead atoms. The lowest BCUT2D eigenvalue weighted by Crippen LogP contribution is -2.42. The molecule has 6 nitrogen and oxygen atoms in total. The standard InChI is InChI=1S/C23H21FN2O4/c24-16-7-5-15(6-8-16)20-19-21(27)17-3-1-2-4-18(17)30-22(19)23(28)26(20)10-9-25-11-13-29-14-12-25/h1-8,20H,9-14H2. The average Bonchev–Trinajstić information content (AvgIpc) is 3.06. The molecule has 2 aliphatic heterocycles. The second-order valence-corrected chi connectivity index (χ2v) is 7.58. The van der Waals surface area contributed by atoms with Crippen LogP contribution in [0.4, 0.5) is 4.39 Å². The van der Waals surface area contributed by atoms with Crippen molar-refractivity contribution < 1.29 is 18.3 Å². The monoisotopic (exact) mass is 408 g/mol. The number of hydrogen-bond acceptors (Lipinski definition) is 5. The third kappa shape index (κ3) is 3.20. The number of hydrogen-bond donors (Lipinski definition) is 0. The fourth-order valence-electron chi connectivity index (χ4n) is 4.26. The molecule has 1 fully saturated rings. The van der Waals surface area contributed by atoms with E-state index in [2.05, 4.69) is 4.90 Å². The van der Waals surface area contributed by atoms with Gasteiger partial charge in [0.15, 0.2) is 5.43 Å². The van der Waals surface area contributed by atoms with Gasteiger partial charge in [0.05, 0.1) is 30.2 Å². The van der Waals surface area contributed by atoms with Crippen molar-refractivity contribution in [2.45, 2.75) is 6.04 Å². The lowest BCUT2D eigenvalue weighted by atomic mass is 9.98. The van der Waals surface area contributed by atoms with Gasteiger partial charge in [0.2, 0.25) is 5.76 Å². The van der Waals surface area contributed by atoms with Crippen molar-refractivity contribution in [3.05, 3.63) is 81.5 Å². The molecule has 0 spiro atoms. The zero-order valence-electron chi connectivity index (χ0n) is 16.3. The summed E-state index contributed by atoms with van der Waals surface area (Å²) in [6.07, 6.45) is 0. The highest BCUT2D eigenvalue weighted by Gasteiger charge is 2.42. The lowest BCUT2D eigenvalue weighted by molar-refractivity contribution is 0.0314. The normalized spacial score (nSPS) is 19.4. The number of halogens is 1. The molecule has 1 aromatic heterocycles. The van der Waals surface area contributed by atoms with Gasteiger partial charge in [0.1, 0.15) is 11.4 Å². The van der Waals surface area contributed by atoms with E-state index in [1.54, 1.807) is 41.3 Å². The Hall–Kier alpha value is -3.03. The first-order chi connectivity index (χ1) is 14.6. The predicted molar refractivity (Wildman–Crippen MR) is 109 cm³/mol. The number of nitrogens with zero attached hydrogens (tertiary/aromatic N) is 2. The predicted octanol–water partition coefficient (Wildman–Crippen LogP) is 2.81. The van der Waals surface area contributed by atoms with Crippen molar-refractivity contribution in [1.82, 2.24) is 9.80 Å². The van der Waals surface area contributed by atoms with E-state index in [0.717, 1.165) is 13.1 Å². The molecule has 1 unspecified atom stereocenters. The number of ether oxygens (including phenoxy) is 1. The Kier molecular flexibility index (Phi) is 4.84. The fourth-order valence-corrected chi connectivity index (χ4v) is 4.26. The van der Waals surface area contributed by atoms with Gasteiger partial charge in [0, 0.05) is 26.2 Å². The maximum absolute atomic E-state index is 13.5. The summed E-state index contributed by atoms with van der Waals surface area (Å²) >= 11 is 0. The maximum Gasteiger partial charge on any atom is 0.290 e. The Bertz CT molecular complexity index is 1150. The number of carbonyl (C=O) groups is 1. The fraction of sp³-hybridized carbons (Fsp3) is 0.304. The summed E-state index contributed by atoms with van der Waals surface area (Å²) < 4.78 is 24.8. The molecular formula is C23H21FN2O4. The van der Waals surface area contributed by atoms with Crippen molar-refractivity contribution in [1.29, 1.82) is 0 Å². The van der Waals surface area contributed by atoms with Gasteiger partial charge >= 0.3 is 0 Å². The molecule has 2 aromatic carbocycles. The van der Waals surface area contributed by atoms with Crippen LogP contribution in [0, 0.1) is 5.82 Å². The Morgan fingerprint density at radius 2 is 1.70 bits per heavy atom. The first kappa shape index (κ1) is 19.0. The molecule has 30 heavy (non-hydrogen) atoms. The van der Waals surface area contributed by atoms with Gasteiger partial charge in [-0.1, -0.05) is 24.3 Å². The quantitative estimate of drug-likeness (QED) is 0.664. The van der Waals surface area contributed by atoms with Crippen LogP contribution in [0.25, 0.3) is 11.0 Å². The second-order valence-electron chi connectivity index (χ2n) is 7.58. The summed E-state index contributed by atoms with van der Waals surface area (Å²) in [7, 11) is 0. The highest BCUT2D eigenvalue weighted by molar-refractivity contribution is 5.99. The minimum absolute atomic E-state index is 0.0787. The van der Waals surface area contributed by atoms with Gasteiger partial charge in [0.25, 0.3) is 5.91 Å². The summed E-state index contributed by atoms with van der Waals surface area (Å²) in [6, 6.07) is 12.3. The van der Waals surface area contributed by atoms with Gasteiger partial charge in [-0.3, -0.25) is 14.5 Å². The molecule has 0 aliphatic carbocycles. The van der Waals surface area contributed by atoms with Crippen molar-refractivity contribution in [3.8, 4) is 0 Å². The smallest absolute Gasteiger partial charge is 0.290 e. The average molecular weight is 408 g/mol. The summed E-state index contributed by atoms with van der Waals surface area (Å²) in [4.78, 5) is 30.5. The summed E-state index contributed by atoms with van der Waals surface area (Å²) in [5, 5.41) is 0.436. The van der Waals surface area contributed by atoms with Gasteiger partial charge in [-0.05, 0) is 29.8 Å². The Morgan fingerprint density at radius 1 is 0.967 bits per heavy atom. The first-order valence-corrected chi connectivity index (χ1v) is 10.1. The van der Waals surface area contributed by atoms with Crippen LogP contribution in [-0.2, 0) is 4.74 Å². The number of rotatable bonds is 4. The molecule has 1 amide bonds. The molecule has 3 heterocycles. The molecule has 154 valence electrons. The van der Waals surface area contributed by atoms with Gasteiger partial charge < -0.3 is 14.1 Å². The number of amides is 1. The van der Waals surface area contributed by atoms with Crippen LogP contribution in [0.1, 0.15) is 27.7 Å². The molecule has 2 aliphatic rings. The zero-order chi connectivity index (χ0) is 20.7. The van der Waals surface area contributed by atoms with E-state index in [0.29, 0.717) is 48.4 Å². The van der Waals surface area contributed by atoms with Crippen LogP contribution in [0.3, 0.4) is 0 Å². The van der Waals surface area contributed by atoms with Crippen LogP contribution in [-0.4, -0.2) is 55.1 Å².